The maximum absolute atomic E-state index is 3.29. The van der Waals surface area contributed by atoms with E-state index in [1.165, 1.54) is 16.5 Å². The second kappa shape index (κ2) is 4.47. The average Bonchev–Trinajstić information content (AvgIpc) is 2.62. The van der Waals surface area contributed by atoms with E-state index in [0.29, 0.717) is 0 Å². The Morgan fingerprint density at radius 3 is 2.93 bits per heavy atom. The average molecular weight is 203 g/mol. The number of aromatic nitrogens is 1. The Morgan fingerprint density at radius 2 is 2.13 bits per heavy atom. The van der Waals surface area contributed by atoms with Crippen LogP contribution in [0.1, 0.15) is 5.56 Å². The molecule has 2 aromatic rings. The Morgan fingerprint density at radius 1 is 1.33 bits per heavy atom. The molecule has 0 aliphatic heterocycles. The topological polar surface area (TPSA) is 31.1 Å². The normalized spacial score (nSPS) is 11.4. The van der Waals surface area contributed by atoms with E-state index in [4.69, 9.17) is 0 Å². The zero-order valence-electron chi connectivity index (χ0n) is 9.25. The first-order chi connectivity index (χ1) is 7.31. The van der Waals surface area contributed by atoms with Crippen LogP contribution in [-0.2, 0) is 6.54 Å². The molecule has 0 atom stereocenters. The highest BCUT2D eigenvalue weighted by molar-refractivity contribution is 5.82. The number of nitrogens with zero attached hydrogens (tertiary/aromatic N) is 1. The molecule has 0 radical (unpaired) electrons. The Balaban J connectivity index is 2.21. The zero-order valence-corrected chi connectivity index (χ0v) is 9.25. The van der Waals surface area contributed by atoms with E-state index in [-0.39, 0.29) is 0 Å². The molecule has 1 heterocycles. The lowest BCUT2D eigenvalue weighted by molar-refractivity contribution is 0.311. The molecule has 0 saturated carbocycles. The number of hydrogen-bond donors (Lipinski definition) is 2. The summed E-state index contributed by atoms with van der Waals surface area (Å²) >= 11 is 0. The second-order valence-corrected chi connectivity index (χ2v) is 3.89. The molecule has 1 aromatic heterocycles. The van der Waals surface area contributed by atoms with Crippen LogP contribution in [0.5, 0.6) is 0 Å². The van der Waals surface area contributed by atoms with Crippen molar-refractivity contribution in [2.75, 3.05) is 20.8 Å². The van der Waals surface area contributed by atoms with Crippen molar-refractivity contribution in [1.82, 2.24) is 15.2 Å². The van der Waals surface area contributed by atoms with E-state index in [1.807, 2.05) is 7.05 Å². The highest BCUT2D eigenvalue weighted by atomic mass is 15.2. The van der Waals surface area contributed by atoms with Crippen molar-refractivity contribution in [3.05, 3.63) is 36.0 Å². The molecule has 80 valence electrons. The summed E-state index contributed by atoms with van der Waals surface area (Å²) in [4.78, 5) is 5.53. The number of fused-ring (bicyclic) bond motifs is 1. The van der Waals surface area contributed by atoms with Gasteiger partial charge < -0.3 is 10.3 Å². The van der Waals surface area contributed by atoms with Crippen LogP contribution in [0.15, 0.2) is 30.5 Å². The number of aromatic amines is 1. The molecule has 0 amide bonds. The van der Waals surface area contributed by atoms with E-state index in [9.17, 15) is 0 Å². The smallest absolute Gasteiger partial charge is 0.0478 e. The van der Waals surface area contributed by atoms with E-state index >= 15 is 0 Å². The van der Waals surface area contributed by atoms with Gasteiger partial charge in [-0.3, -0.25) is 4.90 Å². The maximum Gasteiger partial charge on any atom is 0.0478 e. The fourth-order valence-corrected chi connectivity index (χ4v) is 1.88. The molecular weight excluding hydrogens is 186 g/mol. The lowest BCUT2D eigenvalue weighted by atomic mass is 10.2. The van der Waals surface area contributed by atoms with Crippen LogP contribution in [0, 0.1) is 0 Å². The van der Waals surface area contributed by atoms with Gasteiger partial charge in [-0.15, -0.1) is 0 Å². The van der Waals surface area contributed by atoms with Crippen LogP contribution >= 0.6 is 0 Å². The predicted octanol–water partition coefficient (Wildman–Crippen LogP) is 1.78. The van der Waals surface area contributed by atoms with Gasteiger partial charge >= 0.3 is 0 Å². The van der Waals surface area contributed by atoms with Crippen LogP contribution in [0.25, 0.3) is 10.9 Å². The molecule has 15 heavy (non-hydrogen) atoms. The molecule has 0 aliphatic rings. The van der Waals surface area contributed by atoms with Crippen molar-refractivity contribution in [3.63, 3.8) is 0 Å². The summed E-state index contributed by atoms with van der Waals surface area (Å²) in [6.07, 6.45) is 2.09. The van der Waals surface area contributed by atoms with E-state index < -0.39 is 0 Å². The third-order valence-electron chi connectivity index (χ3n) is 2.54. The lowest BCUT2D eigenvalue weighted by Gasteiger charge is -2.14. The van der Waals surface area contributed by atoms with Crippen LogP contribution in [0.2, 0.25) is 0 Å². The summed E-state index contributed by atoms with van der Waals surface area (Å²) in [5, 5.41) is 4.46. The van der Waals surface area contributed by atoms with E-state index in [0.717, 1.165) is 13.2 Å². The van der Waals surface area contributed by atoms with Gasteiger partial charge in [-0.1, -0.05) is 18.2 Å². The summed E-state index contributed by atoms with van der Waals surface area (Å²) in [6.45, 7) is 1.87. The minimum atomic E-state index is 0.902. The summed E-state index contributed by atoms with van der Waals surface area (Å²) in [5.41, 5.74) is 2.56. The van der Waals surface area contributed by atoms with Gasteiger partial charge in [0.25, 0.3) is 0 Å². The highest BCUT2D eigenvalue weighted by Crippen LogP contribution is 2.18. The van der Waals surface area contributed by atoms with Gasteiger partial charge in [0.15, 0.2) is 0 Å². The van der Waals surface area contributed by atoms with Crippen molar-refractivity contribution in [3.8, 4) is 0 Å². The number of H-pyrrole nitrogens is 1. The first kappa shape index (κ1) is 10.2. The Kier molecular flexibility index (Phi) is 3.04. The Hall–Kier alpha value is -1.32. The highest BCUT2D eigenvalue weighted by Gasteiger charge is 2.04. The Labute approximate surface area is 90.1 Å². The molecule has 0 saturated heterocycles. The van der Waals surface area contributed by atoms with Crippen LogP contribution < -0.4 is 5.32 Å². The van der Waals surface area contributed by atoms with Crippen LogP contribution in [-0.4, -0.2) is 30.6 Å². The van der Waals surface area contributed by atoms with Crippen molar-refractivity contribution in [2.45, 2.75) is 6.54 Å². The molecule has 0 bridgehead atoms. The van der Waals surface area contributed by atoms with Gasteiger partial charge in [0.05, 0.1) is 0 Å². The summed E-state index contributed by atoms with van der Waals surface area (Å²) in [7, 11) is 4.07. The van der Waals surface area contributed by atoms with E-state index in [2.05, 4.69) is 52.7 Å². The van der Waals surface area contributed by atoms with Gasteiger partial charge in [-0.05, 0) is 25.7 Å². The summed E-state index contributed by atoms with van der Waals surface area (Å²) in [6, 6.07) is 8.41. The number of nitrogens with one attached hydrogen (secondary N) is 2. The summed E-state index contributed by atoms with van der Waals surface area (Å²) < 4.78 is 0. The number of benzene rings is 1. The van der Waals surface area contributed by atoms with Crippen LogP contribution in [0.4, 0.5) is 0 Å². The summed E-state index contributed by atoms with van der Waals surface area (Å²) in [5.74, 6) is 0. The van der Waals surface area contributed by atoms with Crippen molar-refractivity contribution in [2.24, 2.45) is 0 Å². The van der Waals surface area contributed by atoms with Crippen molar-refractivity contribution < 1.29 is 0 Å². The molecule has 0 unspecified atom stereocenters. The first-order valence-corrected chi connectivity index (χ1v) is 5.19. The molecule has 2 rings (SSSR count). The molecule has 1 aromatic carbocycles. The van der Waals surface area contributed by atoms with Gasteiger partial charge in [-0.2, -0.15) is 0 Å². The fourth-order valence-electron chi connectivity index (χ4n) is 1.88. The third-order valence-corrected chi connectivity index (χ3v) is 2.54. The standard InChI is InChI=1S/C12H17N3/c1-13-9-15(2)8-10-7-14-12-6-4-3-5-11(10)12/h3-7,13-14H,8-9H2,1-2H3. The van der Waals surface area contributed by atoms with E-state index in [1.54, 1.807) is 0 Å². The second-order valence-electron chi connectivity index (χ2n) is 3.89. The molecular formula is C12H17N3. The van der Waals surface area contributed by atoms with Crippen molar-refractivity contribution >= 4 is 10.9 Å². The largest absolute Gasteiger partial charge is 0.361 e. The maximum atomic E-state index is 3.29. The van der Waals surface area contributed by atoms with Gasteiger partial charge in [-0.25, -0.2) is 0 Å². The monoisotopic (exact) mass is 203 g/mol. The van der Waals surface area contributed by atoms with Gasteiger partial charge in [0.2, 0.25) is 0 Å². The SMILES string of the molecule is CNCN(C)Cc1c[nH]c2ccccc12. The number of hydrogen-bond acceptors (Lipinski definition) is 2. The molecule has 0 fully saturated rings. The number of para-hydroxylation sites is 1. The molecule has 0 aliphatic carbocycles. The van der Waals surface area contributed by atoms with Gasteiger partial charge in [0, 0.05) is 30.3 Å². The van der Waals surface area contributed by atoms with Crippen molar-refractivity contribution in [1.29, 1.82) is 0 Å². The quantitative estimate of drug-likeness (QED) is 0.742. The Bertz CT molecular complexity index is 433. The minimum Gasteiger partial charge on any atom is -0.361 e. The lowest BCUT2D eigenvalue weighted by Crippen LogP contribution is -2.27. The molecule has 3 nitrogen and oxygen atoms in total. The third kappa shape index (κ3) is 2.19. The molecule has 2 N–H and O–H groups in total. The fraction of sp³-hybridized carbons (Fsp3) is 0.333. The first-order valence-electron chi connectivity index (χ1n) is 5.19. The number of rotatable bonds is 4. The predicted molar refractivity (Wildman–Crippen MR) is 63.7 cm³/mol. The molecule has 3 heteroatoms. The van der Waals surface area contributed by atoms with Crippen LogP contribution in [0.3, 0.4) is 0 Å². The molecule has 0 spiro atoms. The van der Waals surface area contributed by atoms with Gasteiger partial charge in [0.1, 0.15) is 0 Å². The minimum absolute atomic E-state index is 0.902. The zero-order chi connectivity index (χ0) is 10.7.